The van der Waals surface area contributed by atoms with Gasteiger partial charge in [-0.2, -0.15) is 5.26 Å². The highest BCUT2D eigenvalue weighted by Crippen LogP contribution is 2.10. The van der Waals surface area contributed by atoms with E-state index in [2.05, 4.69) is 23.3 Å². The highest BCUT2D eigenvalue weighted by atomic mass is 16.1. The molecule has 0 bridgehead atoms. The first-order valence-electron chi connectivity index (χ1n) is 6.06. The molecule has 0 aliphatic carbocycles. The number of aromatic amines is 1. The molecule has 0 aliphatic rings. The molecule has 0 aliphatic heterocycles. The van der Waals surface area contributed by atoms with Gasteiger partial charge in [0.1, 0.15) is 0 Å². The monoisotopic (exact) mass is 233 g/mol. The van der Waals surface area contributed by atoms with E-state index in [1.807, 2.05) is 6.92 Å². The number of aromatic nitrogens is 1. The quantitative estimate of drug-likeness (QED) is 0.792. The Morgan fingerprint density at radius 2 is 2.35 bits per heavy atom. The van der Waals surface area contributed by atoms with Crippen LogP contribution >= 0.6 is 0 Å². The summed E-state index contributed by atoms with van der Waals surface area (Å²) in [7, 11) is 0. The third-order valence-electron chi connectivity index (χ3n) is 2.74. The smallest absolute Gasteiger partial charge is 0.253 e. The zero-order valence-electron chi connectivity index (χ0n) is 10.4. The van der Waals surface area contributed by atoms with E-state index < -0.39 is 0 Å². The number of aryl methyl sites for hydroxylation is 1. The molecule has 0 aromatic carbocycles. The van der Waals surface area contributed by atoms with Gasteiger partial charge in [0, 0.05) is 17.9 Å². The topological polar surface area (TPSA) is 68.7 Å². The molecule has 0 saturated heterocycles. The van der Waals surface area contributed by atoms with E-state index in [0.29, 0.717) is 12.0 Å². The van der Waals surface area contributed by atoms with Crippen LogP contribution in [0.4, 0.5) is 0 Å². The Hall–Kier alpha value is -1.76. The van der Waals surface area contributed by atoms with Crippen LogP contribution in [0.15, 0.2) is 12.3 Å². The van der Waals surface area contributed by atoms with Gasteiger partial charge in [-0.3, -0.25) is 4.79 Å². The molecule has 1 heterocycles. The molecule has 4 nitrogen and oxygen atoms in total. The molecular weight excluding hydrogens is 214 g/mol. The Bertz CT molecular complexity index is 403. The number of nitriles is 1. The number of H-pyrrole nitrogens is 1. The van der Waals surface area contributed by atoms with Crippen molar-refractivity contribution in [3.8, 4) is 6.07 Å². The van der Waals surface area contributed by atoms with Gasteiger partial charge in [0.15, 0.2) is 0 Å². The van der Waals surface area contributed by atoms with Crippen LogP contribution in [-0.2, 0) is 6.42 Å². The van der Waals surface area contributed by atoms with Crippen LogP contribution in [0, 0.1) is 11.3 Å². The van der Waals surface area contributed by atoms with E-state index >= 15 is 0 Å². The van der Waals surface area contributed by atoms with Crippen LogP contribution < -0.4 is 5.32 Å². The Labute approximate surface area is 102 Å². The van der Waals surface area contributed by atoms with Crippen molar-refractivity contribution in [1.29, 1.82) is 5.26 Å². The first-order chi connectivity index (χ1) is 8.22. The fraction of sp³-hybridized carbons (Fsp3) is 0.538. The Balaban J connectivity index is 2.69. The second-order valence-electron chi connectivity index (χ2n) is 4.06. The highest BCUT2D eigenvalue weighted by Gasteiger charge is 2.15. The largest absolute Gasteiger partial charge is 0.364 e. The summed E-state index contributed by atoms with van der Waals surface area (Å²) in [6, 6.07) is 3.82. The zero-order chi connectivity index (χ0) is 12.7. The Kier molecular flexibility index (Phi) is 5.28. The number of hydrogen-bond acceptors (Lipinski definition) is 2. The molecule has 1 atom stereocenters. The van der Waals surface area contributed by atoms with E-state index in [1.165, 1.54) is 0 Å². The normalized spacial score (nSPS) is 11.8. The number of carbonyl (C=O) groups is 1. The minimum Gasteiger partial charge on any atom is -0.364 e. The number of hydrogen-bond donors (Lipinski definition) is 2. The average Bonchev–Trinajstić information content (AvgIpc) is 2.77. The van der Waals surface area contributed by atoms with E-state index in [1.54, 1.807) is 12.3 Å². The standard InChI is InChI=1S/C13H19N3O/c1-3-5-12-11(7-9-15-12)13(17)16-10(4-2)6-8-14/h7,9-10,15H,3-6H2,1-2H3,(H,16,17)/t10-/m0/s1. The number of nitrogens with zero attached hydrogens (tertiary/aromatic N) is 1. The lowest BCUT2D eigenvalue weighted by atomic mass is 10.1. The fourth-order valence-electron chi connectivity index (χ4n) is 1.74. The predicted octanol–water partition coefficient (Wildman–Crippen LogP) is 2.39. The van der Waals surface area contributed by atoms with Gasteiger partial charge in [-0.15, -0.1) is 0 Å². The molecule has 1 amide bonds. The van der Waals surface area contributed by atoms with Gasteiger partial charge in [0.05, 0.1) is 18.1 Å². The van der Waals surface area contributed by atoms with Crippen molar-refractivity contribution in [3.05, 3.63) is 23.5 Å². The van der Waals surface area contributed by atoms with Crippen LogP contribution in [0.3, 0.4) is 0 Å². The second-order valence-corrected chi connectivity index (χ2v) is 4.06. The number of amides is 1. The van der Waals surface area contributed by atoms with Crippen LogP contribution in [0.5, 0.6) is 0 Å². The fourth-order valence-corrected chi connectivity index (χ4v) is 1.74. The maximum Gasteiger partial charge on any atom is 0.253 e. The zero-order valence-corrected chi connectivity index (χ0v) is 10.4. The van der Waals surface area contributed by atoms with Gasteiger partial charge >= 0.3 is 0 Å². The van der Waals surface area contributed by atoms with Gasteiger partial charge in [-0.05, 0) is 18.9 Å². The van der Waals surface area contributed by atoms with E-state index in [9.17, 15) is 4.79 Å². The average molecular weight is 233 g/mol. The van der Waals surface area contributed by atoms with E-state index in [0.717, 1.165) is 25.0 Å². The van der Waals surface area contributed by atoms with Gasteiger partial charge in [0.2, 0.25) is 0 Å². The Morgan fingerprint density at radius 3 is 2.94 bits per heavy atom. The van der Waals surface area contributed by atoms with Gasteiger partial charge in [-0.1, -0.05) is 20.3 Å². The van der Waals surface area contributed by atoms with Crippen molar-refractivity contribution in [2.24, 2.45) is 0 Å². The molecular formula is C13H19N3O. The second kappa shape index (κ2) is 6.74. The van der Waals surface area contributed by atoms with Crippen molar-refractivity contribution in [1.82, 2.24) is 10.3 Å². The van der Waals surface area contributed by atoms with Crippen molar-refractivity contribution in [2.45, 2.75) is 45.6 Å². The summed E-state index contributed by atoms with van der Waals surface area (Å²) in [5.41, 5.74) is 1.67. The molecule has 17 heavy (non-hydrogen) atoms. The molecule has 1 aromatic rings. The Morgan fingerprint density at radius 1 is 1.59 bits per heavy atom. The molecule has 0 radical (unpaired) electrons. The van der Waals surface area contributed by atoms with Crippen LogP contribution in [0.25, 0.3) is 0 Å². The molecule has 0 fully saturated rings. The van der Waals surface area contributed by atoms with Gasteiger partial charge in [-0.25, -0.2) is 0 Å². The lowest BCUT2D eigenvalue weighted by Gasteiger charge is -2.13. The predicted molar refractivity (Wildman–Crippen MR) is 66.6 cm³/mol. The third-order valence-corrected chi connectivity index (χ3v) is 2.74. The van der Waals surface area contributed by atoms with Crippen molar-refractivity contribution in [2.75, 3.05) is 0 Å². The van der Waals surface area contributed by atoms with Crippen molar-refractivity contribution < 1.29 is 4.79 Å². The molecule has 0 spiro atoms. The molecule has 1 rings (SSSR count). The van der Waals surface area contributed by atoms with Crippen molar-refractivity contribution in [3.63, 3.8) is 0 Å². The molecule has 1 aromatic heterocycles. The molecule has 0 saturated carbocycles. The number of nitrogens with one attached hydrogen (secondary N) is 2. The summed E-state index contributed by atoms with van der Waals surface area (Å²) in [6.45, 7) is 4.04. The summed E-state index contributed by atoms with van der Waals surface area (Å²) in [5, 5.41) is 11.5. The molecule has 92 valence electrons. The first kappa shape index (κ1) is 13.3. The number of rotatable bonds is 6. The maximum atomic E-state index is 12.0. The summed E-state index contributed by atoms with van der Waals surface area (Å²) < 4.78 is 0. The van der Waals surface area contributed by atoms with Crippen LogP contribution in [-0.4, -0.2) is 16.9 Å². The lowest BCUT2D eigenvalue weighted by molar-refractivity contribution is 0.0936. The minimum absolute atomic E-state index is 0.0584. The lowest BCUT2D eigenvalue weighted by Crippen LogP contribution is -2.34. The molecule has 0 unspecified atom stereocenters. The summed E-state index contributed by atoms with van der Waals surface area (Å²) in [4.78, 5) is 15.1. The minimum atomic E-state index is -0.0863. The molecule has 2 N–H and O–H groups in total. The van der Waals surface area contributed by atoms with Gasteiger partial charge in [0.25, 0.3) is 5.91 Å². The van der Waals surface area contributed by atoms with Crippen molar-refractivity contribution >= 4 is 5.91 Å². The molecule has 4 heteroatoms. The van der Waals surface area contributed by atoms with E-state index in [4.69, 9.17) is 5.26 Å². The van der Waals surface area contributed by atoms with Crippen LogP contribution in [0.2, 0.25) is 0 Å². The summed E-state index contributed by atoms with van der Waals surface area (Å²) in [5.74, 6) is -0.0863. The number of carbonyl (C=O) groups excluding carboxylic acids is 1. The summed E-state index contributed by atoms with van der Waals surface area (Å²) in [6.07, 6.45) is 4.77. The van der Waals surface area contributed by atoms with Gasteiger partial charge < -0.3 is 10.3 Å². The van der Waals surface area contributed by atoms with Crippen LogP contribution in [0.1, 0.15) is 49.2 Å². The SMILES string of the molecule is CCCc1[nH]ccc1C(=O)N[C@@H](CC)CC#N. The third kappa shape index (κ3) is 3.63. The maximum absolute atomic E-state index is 12.0. The van der Waals surface area contributed by atoms with E-state index in [-0.39, 0.29) is 11.9 Å². The summed E-state index contributed by atoms with van der Waals surface area (Å²) >= 11 is 0. The highest BCUT2D eigenvalue weighted by molar-refractivity contribution is 5.95. The first-order valence-corrected chi connectivity index (χ1v) is 6.06.